The van der Waals surface area contributed by atoms with Crippen molar-refractivity contribution in [3.8, 4) is 0 Å². The summed E-state index contributed by atoms with van der Waals surface area (Å²) in [5.41, 5.74) is 6.62. The van der Waals surface area contributed by atoms with Crippen LogP contribution < -0.4 is 5.43 Å². The average molecular weight is 299 g/mol. The van der Waals surface area contributed by atoms with E-state index < -0.39 is 0 Å². The van der Waals surface area contributed by atoms with Crippen molar-refractivity contribution in [2.75, 3.05) is 18.2 Å². The van der Waals surface area contributed by atoms with Crippen LogP contribution in [0.15, 0.2) is 57.7 Å². The van der Waals surface area contributed by atoms with Crippen LogP contribution in [0, 0.1) is 5.41 Å². The van der Waals surface area contributed by atoms with Crippen LogP contribution in [-0.2, 0) is 0 Å². The molecule has 0 bridgehead atoms. The highest BCUT2D eigenvalue weighted by molar-refractivity contribution is 8.02. The van der Waals surface area contributed by atoms with Crippen LogP contribution in [0.25, 0.3) is 5.57 Å². The fourth-order valence-electron chi connectivity index (χ4n) is 1.87. The maximum atomic E-state index is 7.68. The molecule has 108 valence electrons. The molecule has 1 heterocycles. The Kier molecular flexibility index (Phi) is 5.45. The van der Waals surface area contributed by atoms with E-state index >= 15 is 0 Å². The number of anilines is 1. The number of amidine groups is 1. The molecule has 5 nitrogen and oxygen atoms in total. The van der Waals surface area contributed by atoms with Gasteiger partial charge in [-0.25, -0.2) is 0 Å². The third-order valence-corrected chi connectivity index (χ3v) is 3.85. The van der Waals surface area contributed by atoms with Gasteiger partial charge in [-0.2, -0.15) is 0 Å². The molecule has 0 unspecified atom stereocenters. The Balaban J connectivity index is 2.02. The van der Waals surface area contributed by atoms with Crippen molar-refractivity contribution in [1.82, 2.24) is 0 Å². The zero-order chi connectivity index (χ0) is 15.1. The number of benzene rings is 1. The second-order valence-corrected chi connectivity index (χ2v) is 5.30. The summed E-state index contributed by atoms with van der Waals surface area (Å²) < 4.78 is 0. The molecule has 0 fully saturated rings. The minimum atomic E-state index is -0.0222. The Labute approximate surface area is 128 Å². The second-order valence-electron chi connectivity index (χ2n) is 4.32. The normalized spacial score (nSPS) is 15.1. The SMILES string of the molecule is C=C/C(=N\C)C(=N)/N=N\Nc1cccc(C2=CSCC2)c1. The van der Waals surface area contributed by atoms with Gasteiger partial charge in [-0.05, 0) is 41.2 Å². The van der Waals surface area contributed by atoms with E-state index in [0.29, 0.717) is 5.71 Å². The van der Waals surface area contributed by atoms with Gasteiger partial charge >= 0.3 is 0 Å². The number of nitrogens with one attached hydrogen (secondary N) is 2. The van der Waals surface area contributed by atoms with E-state index in [-0.39, 0.29) is 5.84 Å². The van der Waals surface area contributed by atoms with Crippen LogP contribution in [0.5, 0.6) is 0 Å². The summed E-state index contributed by atoms with van der Waals surface area (Å²) in [7, 11) is 1.59. The number of allylic oxidation sites excluding steroid dienone is 1. The van der Waals surface area contributed by atoms with E-state index in [2.05, 4.69) is 38.8 Å². The van der Waals surface area contributed by atoms with E-state index in [1.807, 2.05) is 30.0 Å². The van der Waals surface area contributed by atoms with Crippen LogP contribution in [-0.4, -0.2) is 24.3 Å². The molecular weight excluding hydrogens is 282 g/mol. The molecule has 1 aliphatic rings. The molecule has 1 aliphatic heterocycles. The highest BCUT2D eigenvalue weighted by atomic mass is 32.2. The third kappa shape index (κ3) is 4.13. The first kappa shape index (κ1) is 15.2. The highest BCUT2D eigenvalue weighted by Crippen LogP contribution is 2.31. The van der Waals surface area contributed by atoms with Gasteiger partial charge < -0.3 is 0 Å². The maximum absolute atomic E-state index is 7.68. The largest absolute Gasteiger partial charge is 0.285 e. The number of rotatable bonds is 5. The molecule has 2 N–H and O–H groups in total. The van der Waals surface area contributed by atoms with Gasteiger partial charge in [0.15, 0.2) is 5.84 Å². The van der Waals surface area contributed by atoms with Gasteiger partial charge in [0.25, 0.3) is 0 Å². The molecule has 0 saturated carbocycles. The summed E-state index contributed by atoms with van der Waals surface area (Å²) in [6.07, 6.45) is 2.57. The van der Waals surface area contributed by atoms with E-state index in [1.54, 1.807) is 7.05 Å². The topological polar surface area (TPSA) is 73.0 Å². The van der Waals surface area contributed by atoms with Crippen molar-refractivity contribution in [2.24, 2.45) is 15.3 Å². The monoisotopic (exact) mass is 299 g/mol. The number of nitrogens with zero attached hydrogens (tertiary/aromatic N) is 3. The summed E-state index contributed by atoms with van der Waals surface area (Å²) in [5, 5.41) is 17.5. The Morgan fingerprint density at radius 3 is 3.00 bits per heavy atom. The summed E-state index contributed by atoms with van der Waals surface area (Å²) >= 11 is 1.84. The molecule has 0 atom stereocenters. The Bertz CT molecular complexity index is 631. The lowest BCUT2D eigenvalue weighted by atomic mass is 10.1. The van der Waals surface area contributed by atoms with Gasteiger partial charge in [-0.1, -0.05) is 23.9 Å². The van der Waals surface area contributed by atoms with Crippen molar-refractivity contribution in [1.29, 1.82) is 5.41 Å². The van der Waals surface area contributed by atoms with E-state index in [4.69, 9.17) is 5.41 Å². The van der Waals surface area contributed by atoms with Gasteiger partial charge in [0, 0.05) is 12.8 Å². The van der Waals surface area contributed by atoms with Crippen LogP contribution in [0.2, 0.25) is 0 Å². The fraction of sp³-hybridized carbons (Fsp3) is 0.200. The minimum Gasteiger partial charge on any atom is -0.285 e. The number of aliphatic imine (C=N–C) groups is 1. The summed E-state index contributed by atoms with van der Waals surface area (Å²) in [4.78, 5) is 3.88. The first-order valence-corrected chi connectivity index (χ1v) is 7.55. The lowest BCUT2D eigenvalue weighted by Gasteiger charge is -2.04. The number of hydrogen-bond acceptors (Lipinski definition) is 4. The van der Waals surface area contributed by atoms with E-state index in [1.165, 1.54) is 17.2 Å². The van der Waals surface area contributed by atoms with Crippen molar-refractivity contribution in [3.05, 3.63) is 47.9 Å². The van der Waals surface area contributed by atoms with Crippen LogP contribution in [0.3, 0.4) is 0 Å². The maximum Gasteiger partial charge on any atom is 0.194 e. The first-order valence-electron chi connectivity index (χ1n) is 6.50. The molecular formula is C15H17N5S. The van der Waals surface area contributed by atoms with Crippen LogP contribution in [0.4, 0.5) is 5.69 Å². The summed E-state index contributed by atoms with van der Waals surface area (Å²) in [6, 6.07) is 8.01. The number of thioether (sulfide) groups is 1. The lowest BCUT2D eigenvalue weighted by Crippen LogP contribution is -2.06. The van der Waals surface area contributed by atoms with Gasteiger partial charge in [0.2, 0.25) is 0 Å². The molecule has 6 heteroatoms. The van der Waals surface area contributed by atoms with E-state index in [0.717, 1.165) is 17.9 Å². The Morgan fingerprint density at radius 2 is 2.33 bits per heavy atom. The zero-order valence-electron chi connectivity index (χ0n) is 11.8. The molecule has 0 amide bonds. The smallest absolute Gasteiger partial charge is 0.194 e. The average Bonchev–Trinajstić information content (AvgIpc) is 3.03. The Morgan fingerprint density at radius 1 is 1.48 bits per heavy atom. The molecule has 2 rings (SSSR count). The fourth-order valence-corrected chi connectivity index (χ4v) is 2.78. The predicted molar refractivity (Wildman–Crippen MR) is 91.3 cm³/mol. The molecule has 0 spiro atoms. The first-order chi connectivity index (χ1) is 10.2. The third-order valence-electron chi connectivity index (χ3n) is 2.95. The van der Waals surface area contributed by atoms with Gasteiger partial charge in [0.1, 0.15) is 5.71 Å². The van der Waals surface area contributed by atoms with Gasteiger partial charge in [-0.3, -0.25) is 15.8 Å². The zero-order valence-corrected chi connectivity index (χ0v) is 12.7. The van der Waals surface area contributed by atoms with E-state index in [9.17, 15) is 0 Å². The van der Waals surface area contributed by atoms with Crippen molar-refractivity contribution >= 4 is 34.6 Å². The van der Waals surface area contributed by atoms with Crippen LogP contribution >= 0.6 is 11.8 Å². The molecule has 0 aromatic heterocycles. The van der Waals surface area contributed by atoms with Crippen molar-refractivity contribution in [2.45, 2.75) is 6.42 Å². The quantitative estimate of drug-likeness (QED) is 0.370. The second kappa shape index (κ2) is 7.54. The van der Waals surface area contributed by atoms with Gasteiger partial charge in [0.05, 0.1) is 5.69 Å². The molecule has 0 aliphatic carbocycles. The molecule has 1 aromatic carbocycles. The molecule has 21 heavy (non-hydrogen) atoms. The molecule has 0 radical (unpaired) electrons. The predicted octanol–water partition coefficient (Wildman–Crippen LogP) is 4.18. The summed E-state index contributed by atoms with van der Waals surface area (Å²) in [5.74, 6) is 1.12. The van der Waals surface area contributed by atoms with Gasteiger partial charge in [-0.15, -0.1) is 16.9 Å². The highest BCUT2D eigenvalue weighted by Gasteiger charge is 2.07. The lowest BCUT2D eigenvalue weighted by molar-refractivity contribution is 1.15. The molecule has 1 aromatic rings. The minimum absolute atomic E-state index is 0.0222. The van der Waals surface area contributed by atoms with Crippen LogP contribution in [0.1, 0.15) is 12.0 Å². The number of hydrogen-bond donors (Lipinski definition) is 2. The van der Waals surface area contributed by atoms with Crippen molar-refractivity contribution in [3.63, 3.8) is 0 Å². The molecule has 0 saturated heterocycles. The van der Waals surface area contributed by atoms with Crippen molar-refractivity contribution < 1.29 is 0 Å². The summed E-state index contributed by atoms with van der Waals surface area (Å²) in [6.45, 7) is 3.57. The Hall–Kier alpha value is -2.21. The standard InChI is InChI=1S/C15H17N5S/c1-3-14(17-2)15(16)19-20-18-13-6-4-5-11(9-13)12-7-8-21-10-12/h3-6,9-10H,1,7-8H2,2H3,(H2,16,18,19)/b17-14+.